The van der Waals surface area contributed by atoms with E-state index in [-0.39, 0.29) is 0 Å². The van der Waals surface area contributed by atoms with Gasteiger partial charge in [-0.3, -0.25) is 4.68 Å². The Morgan fingerprint density at radius 1 is 1.35 bits per heavy atom. The van der Waals surface area contributed by atoms with E-state index in [4.69, 9.17) is 4.74 Å². The van der Waals surface area contributed by atoms with Crippen LogP contribution in [0.3, 0.4) is 0 Å². The molecule has 0 aliphatic heterocycles. The number of aliphatic hydroxyl groups excluding tert-OH is 1. The van der Waals surface area contributed by atoms with Crippen LogP contribution in [0, 0.1) is 0 Å². The Morgan fingerprint density at radius 2 is 2.15 bits per heavy atom. The minimum absolute atomic E-state index is 0.495. The van der Waals surface area contributed by atoms with Gasteiger partial charge in [0.05, 0.1) is 13.2 Å². The smallest absolute Gasteiger partial charge is 0.118 e. The highest BCUT2D eigenvalue weighted by molar-refractivity contribution is 5.28. The largest absolute Gasteiger partial charge is 0.497 e. The molecule has 0 spiro atoms. The highest BCUT2D eigenvalue weighted by Gasteiger charge is 2.06. The van der Waals surface area contributed by atoms with Crippen molar-refractivity contribution in [3.63, 3.8) is 0 Å². The van der Waals surface area contributed by atoms with E-state index in [0.717, 1.165) is 30.8 Å². The average molecular weight is 275 g/mol. The van der Waals surface area contributed by atoms with Crippen molar-refractivity contribution in [2.75, 3.05) is 20.2 Å². The molecule has 0 aliphatic carbocycles. The van der Waals surface area contributed by atoms with Crippen molar-refractivity contribution in [1.82, 2.24) is 15.1 Å². The number of aryl methyl sites for hydroxylation is 1. The number of nitrogens with zero attached hydrogens (tertiary/aromatic N) is 2. The van der Waals surface area contributed by atoms with Crippen LogP contribution in [-0.4, -0.2) is 35.1 Å². The fourth-order valence-corrected chi connectivity index (χ4v) is 1.98. The van der Waals surface area contributed by atoms with Crippen molar-refractivity contribution < 1.29 is 9.84 Å². The molecule has 1 unspecified atom stereocenters. The minimum Gasteiger partial charge on any atom is -0.497 e. The molecule has 1 heterocycles. The molecule has 5 heteroatoms. The zero-order chi connectivity index (χ0) is 14.2. The molecule has 0 amide bonds. The fourth-order valence-electron chi connectivity index (χ4n) is 1.98. The molecular weight excluding hydrogens is 254 g/mol. The van der Waals surface area contributed by atoms with Gasteiger partial charge in [-0.2, -0.15) is 5.10 Å². The van der Waals surface area contributed by atoms with Crippen LogP contribution in [0.15, 0.2) is 42.7 Å². The Bertz CT molecular complexity index is 482. The standard InChI is InChI=1S/C15H21N3O2/c1-20-14-6-4-13(5-7-14)15(19)12-16-8-2-10-18-11-3-9-17-18/h3-7,9,11,15-16,19H,2,8,10,12H2,1H3. The molecule has 1 aromatic heterocycles. The van der Waals surface area contributed by atoms with Gasteiger partial charge in [0, 0.05) is 25.5 Å². The van der Waals surface area contributed by atoms with E-state index < -0.39 is 6.10 Å². The molecule has 0 aliphatic rings. The summed E-state index contributed by atoms with van der Waals surface area (Å²) in [7, 11) is 1.63. The lowest BCUT2D eigenvalue weighted by molar-refractivity contribution is 0.174. The molecular formula is C15H21N3O2. The molecule has 108 valence electrons. The molecule has 0 saturated carbocycles. The molecule has 0 radical (unpaired) electrons. The summed E-state index contributed by atoms with van der Waals surface area (Å²) in [5.74, 6) is 0.799. The average Bonchev–Trinajstić information content (AvgIpc) is 3.00. The predicted octanol–water partition coefficient (Wildman–Crippen LogP) is 1.60. The monoisotopic (exact) mass is 275 g/mol. The number of ether oxygens (including phenoxy) is 1. The van der Waals surface area contributed by atoms with Crippen molar-refractivity contribution in [3.8, 4) is 5.75 Å². The van der Waals surface area contributed by atoms with Crippen molar-refractivity contribution in [2.45, 2.75) is 19.1 Å². The second-order valence-corrected chi connectivity index (χ2v) is 4.62. The van der Waals surface area contributed by atoms with E-state index in [1.54, 1.807) is 13.3 Å². The van der Waals surface area contributed by atoms with Crippen molar-refractivity contribution in [3.05, 3.63) is 48.3 Å². The van der Waals surface area contributed by atoms with E-state index in [1.165, 1.54) is 0 Å². The molecule has 2 rings (SSSR count). The second-order valence-electron chi connectivity index (χ2n) is 4.62. The van der Waals surface area contributed by atoms with Gasteiger partial charge in [-0.1, -0.05) is 12.1 Å². The van der Waals surface area contributed by atoms with E-state index in [0.29, 0.717) is 6.54 Å². The highest BCUT2D eigenvalue weighted by atomic mass is 16.5. The van der Waals surface area contributed by atoms with E-state index >= 15 is 0 Å². The normalized spacial score (nSPS) is 12.3. The molecule has 2 aromatic rings. The number of rotatable bonds is 8. The Kier molecular flexibility index (Phi) is 5.58. The summed E-state index contributed by atoms with van der Waals surface area (Å²) in [4.78, 5) is 0. The van der Waals surface area contributed by atoms with E-state index in [2.05, 4.69) is 10.4 Å². The van der Waals surface area contributed by atoms with Gasteiger partial charge in [-0.25, -0.2) is 0 Å². The molecule has 5 nitrogen and oxygen atoms in total. The number of benzene rings is 1. The first-order valence-electron chi connectivity index (χ1n) is 6.80. The lowest BCUT2D eigenvalue weighted by Crippen LogP contribution is -2.23. The van der Waals surface area contributed by atoms with Crippen LogP contribution in [0.2, 0.25) is 0 Å². The topological polar surface area (TPSA) is 59.3 Å². The van der Waals surface area contributed by atoms with Crippen LogP contribution >= 0.6 is 0 Å². The number of hydrogen-bond acceptors (Lipinski definition) is 4. The Morgan fingerprint density at radius 3 is 2.80 bits per heavy atom. The van der Waals surface area contributed by atoms with E-state index in [9.17, 15) is 5.11 Å². The third-order valence-electron chi connectivity index (χ3n) is 3.14. The molecule has 1 atom stereocenters. The Labute approximate surface area is 119 Å². The summed E-state index contributed by atoms with van der Waals surface area (Å²) in [6.07, 6.45) is 4.22. The third kappa shape index (κ3) is 4.36. The zero-order valence-electron chi connectivity index (χ0n) is 11.7. The Balaban J connectivity index is 1.65. The lowest BCUT2D eigenvalue weighted by atomic mass is 10.1. The van der Waals surface area contributed by atoms with E-state index in [1.807, 2.05) is 41.2 Å². The summed E-state index contributed by atoms with van der Waals surface area (Å²) in [6, 6.07) is 9.40. The van der Waals surface area contributed by atoms with Crippen molar-refractivity contribution in [2.24, 2.45) is 0 Å². The molecule has 0 bridgehead atoms. The number of nitrogens with one attached hydrogen (secondary N) is 1. The first-order valence-corrected chi connectivity index (χ1v) is 6.80. The number of hydrogen-bond donors (Lipinski definition) is 2. The van der Waals surface area contributed by atoms with Gasteiger partial charge in [-0.15, -0.1) is 0 Å². The van der Waals surface area contributed by atoms with Gasteiger partial charge in [0.1, 0.15) is 5.75 Å². The van der Waals surface area contributed by atoms with Gasteiger partial charge < -0.3 is 15.2 Å². The van der Waals surface area contributed by atoms with Crippen LogP contribution in [0.5, 0.6) is 5.75 Å². The summed E-state index contributed by atoms with van der Waals surface area (Å²) in [5.41, 5.74) is 0.894. The van der Waals surface area contributed by atoms with Crippen LogP contribution < -0.4 is 10.1 Å². The minimum atomic E-state index is -0.495. The quantitative estimate of drug-likeness (QED) is 0.719. The summed E-state index contributed by atoms with van der Waals surface area (Å²) in [5, 5.41) is 17.4. The number of aliphatic hydroxyl groups is 1. The zero-order valence-corrected chi connectivity index (χ0v) is 11.7. The SMILES string of the molecule is COc1ccc(C(O)CNCCCn2cccn2)cc1. The van der Waals surface area contributed by atoms with Gasteiger partial charge in [-0.05, 0) is 36.7 Å². The molecule has 0 fully saturated rings. The number of aromatic nitrogens is 2. The molecule has 0 saturated heterocycles. The maximum Gasteiger partial charge on any atom is 0.118 e. The second kappa shape index (κ2) is 7.67. The first kappa shape index (κ1) is 14.6. The van der Waals surface area contributed by atoms with Gasteiger partial charge in [0.15, 0.2) is 0 Å². The summed E-state index contributed by atoms with van der Waals surface area (Å²) in [6.45, 7) is 2.29. The highest BCUT2D eigenvalue weighted by Crippen LogP contribution is 2.16. The van der Waals surface area contributed by atoms with Gasteiger partial charge in [0.25, 0.3) is 0 Å². The number of methoxy groups -OCH3 is 1. The molecule has 2 N–H and O–H groups in total. The lowest BCUT2D eigenvalue weighted by Gasteiger charge is -2.12. The van der Waals surface area contributed by atoms with Gasteiger partial charge >= 0.3 is 0 Å². The van der Waals surface area contributed by atoms with Crippen molar-refractivity contribution >= 4 is 0 Å². The maximum absolute atomic E-state index is 10.0. The fraction of sp³-hybridized carbons (Fsp3) is 0.400. The Hall–Kier alpha value is -1.85. The van der Waals surface area contributed by atoms with Crippen LogP contribution in [-0.2, 0) is 6.54 Å². The first-order chi connectivity index (χ1) is 9.79. The third-order valence-corrected chi connectivity index (χ3v) is 3.14. The maximum atomic E-state index is 10.0. The van der Waals surface area contributed by atoms with Crippen LogP contribution in [0.4, 0.5) is 0 Å². The predicted molar refractivity (Wildman–Crippen MR) is 77.7 cm³/mol. The summed E-state index contributed by atoms with van der Waals surface area (Å²) >= 11 is 0. The summed E-state index contributed by atoms with van der Waals surface area (Å²) < 4.78 is 7.00. The van der Waals surface area contributed by atoms with Crippen molar-refractivity contribution in [1.29, 1.82) is 0 Å². The van der Waals surface area contributed by atoms with Crippen LogP contribution in [0.25, 0.3) is 0 Å². The molecule has 1 aromatic carbocycles. The van der Waals surface area contributed by atoms with Gasteiger partial charge in [0.2, 0.25) is 0 Å². The van der Waals surface area contributed by atoms with Crippen LogP contribution in [0.1, 0.15) is 18.1 Å². The molecule has 20 heavy (non-hydrogen) atoms.